The topological polar surface area (TPSA) is 96.5 Å². The molecule has 0 aromatic heterocycles. The maximum atomic E-state index is 12.3. The van der Waals surface area contributed by atoms with Crippen LogP contribution in [0.3, 0.4) is 0 Å². The van der Waals surface area contributed by atoms with Crippen LogP contribution in [-0.4, -0.2) is 37.1 Å². The first-order chi connectivity index (χ1) is 11.6. The quantitative estimate of drug-likeness (QED) is 0.672. The van der Waals surface area contributed by atoms with E-state index in [9.17, 15) is 14.4 Å². The summed E-state index contributed by atoms with van der Waals surface area (Å²) >= 11 is 0. The summed E-state index contributed by atoms with van der Waals surface area (Å²) < 4.78 is 5.47. The summed E-state index contributed by atoms with van der Waals surface area (Å²) in [7, 11) is 0. The summed E-state index contributed by atoms with van der Waals surface area (Å²) in [6.07, 6.45) is 2.38. The summed E-state index contributed by atoms with van der Waals surface area (Å²) in [4.78, 5) is 36.1. The van der Waals surface area contributed by atoms with Gasteiger partial charge in [0.2, 0.25) is 5.91 Å². The van der Waals surface area contributed by atoms with Crippen LogP contribution in [0, 0.1) is 0 Å². The molecule has 0 radical (unpaired) electrons. The molecule has 7 nitrogen and oxygen atoms in total. The molecule has 128 valence electrons. The molecule has 2 fully saturated rings. The van der Waals surface area contributed by atoms with Gasteiger partial charge in [-0.25, -0.2) is 4.79 Å². The van der Waals surface area contributed by atoms with Crippen LogP contribution in [-0.2, 0) is 19.9 Å². The minimum Gasteiger partial charge on any atom is -0.376 e. The van der Waals surface area contributed by atoms with Gasteiger partial charge in [-0.2, -0.15) is 0 Å². The number of hydrogen-bond donors (Lipinski definition) is 3. The lowest BCUT2D eigenvalue weighted by molar-refractivity contribution is -0.125. The van der Waals surface area contributed by atoms with E-state index in [1.807, 2.05) is 6.07 Å². The molecule has 2 heterocycles. The summed E-state index contributed by atoms with van der Waals surface area (Å²) in [6, 6.07) is 8.44. The maximum absolute atomic E-state index is 12.3. The average molecular weight is 331 g/mol. The average Bonchev–Trinajstić information content (AvgIpc) is 3.20. The summed E-state index contributed by atoms with van der Waals surface area (Å²) in [5, 5.41) is 7.78. The van der Waals surface area contributed by atoms with E-state index in [1.165, 1.54) is 0 Å². The smallest absolute Gasteiger partial charge is 0.322 e. The molecule has 2 unspecified atom stereocenters. The van der Waals surface area contributed by atoms with Crippen LogP contribution in [0.2, 0.25) is 0 Å². The Morgan fingerprint density at radius 1 is 1.29 bits per heavy atom. The molecule has 3 N–H and O–H groups in total. The second kappa shape index (κ2) is 7.00. The maximum Gasteiger partial charge on any atom is 0.322 e. The Hall–Kier alpha value is -2.41. The molecule has 0 aliphatic carbocycles. The van der Waals surface area contributed by atoms with Gasteiger partial charge in [-0.15, -0.1) is 0 Å². The Morgan fingerprint density at radius 2 is 2.08 bits per heavy atom. The SMILES string of the molecule is O=C(CCC1(c2ccccc2)NC(=O)NC1=O)NCC1CCCO1. The first-order valence-electron chi connectivity index (χ1n) is 8.17. The van der Waals surface area contributed by atoms with Crippen LogP contribution in [0.4, 0.5) is 4.79 Å². The number of nitrogens with one attached hydrogen (secondary N) is 3. The zero-order valence-electron chi connectivity index (χ0n) is 13.3. The van der Waals surface area contributed by atoms with Crippen LogP contribution < -0.4 is 16.0 Å². The highest BCUT2D eigenvalue weighted by molar-refractivity contribution is 6.07. The largest absolute Gasteiger partial charge is 0.376 e. The monoisotopic (exact) mass is 331 g/mol. The molecule has 1 aromatic rings. The molecule has 2 aliphatic rings. The number of hydrogen-bond acceptors (Lipinski definition) is 4. The molecule has 4 amide bonds. The highest BCUT2D eigenvalue weighted by Gasteiger charge is 2.47. The Bertz CT molecular complexity index is 628. The minimum atomic E-state index is -1.19. The third kappa shape index (κ3) is 3.41. The van der Waals surface area contributed by atoms with Crippen molar-refractivity contribution < 1.29 is 19.1 Å². The predicted octanol–water partition coefficient (Wildman–Crippen LogP) is 0.797. The van der Waals surface area contributed by atoms with E-state index >= 15 is 0 Å². The van der Waals surface area contributed by atoms with Crippen molar-refractivity contribution in [3.63, 3.8) is 0 Å². The zero-order valence-corrected chi connectivity index (χ0v) is 13.3. The van der Waals surface area contributed by atoms with Gasteiger partial charge >= 0.3 is 6.03 Å². The lowest BCUT2D eigenvalue weighted by Gasteiger charge is -2.26. The number of ether oxygens (including phenoxy) is 1. The van der Waals surface area contributed by atoms with Gasteiger partial charge in [0.25, 0.3) is 5.91 Å². The van der Waals surface area contributed by atoms with Gasteiger partial charge in [0.1, 0.15) is 5.54 Å². The van der Waals surface area contributed by atoms with Gasteiger partial charge < -0.3 is 15.4 Å². The Labute approximate surface area is 140 Å². The highest BCUT2D eigenvalue weighted by Crippen LogP contribution is 2.29. The first kappa shape index (κ1) is 16.4. The lowest BCUT2D eigenvalue weighted by atomic mass is 9.85. The molecule has 0 spiro atoms. The number of rotatable bonds is 6. The Balaban J connectivity index is 1.63. The number of imide groups is 1. The Kier molecular flexibility index (Phi) is 4.80. The van der Waals surface area contributed by atoms with E-state index in [0.29, 0.717) is 12.1 Å². The number of benzene rings is 1. The van der Waals surface area contributed by atoms with Crippen LogP contribution in [0.1, 0.15) is 31.2 Å². The zero-order chi connectivity index (χ0) is 17.0. The van der Waals surface area contributed by atoms with Crippen LogP contribution in [0.15, 0.2) is 30.3 Å². The van der Waals surface area contributed by atoms with Gasteiger partial charge in [-0.1, -0.05) is 30.3 Å². The van der Waals surface area contributed by atoms with Gasteiger partial charge in [-0.3, -0.25) is 14.9 Å². The Morgan fingerprint density at radius 3 is 2.71 bits per heavy atom. The number of carbonyl (C=O) groups excluding carboxylic acids is 3. The molecule has 0 saturated carbocycles. The summed E-state index contributed by atoms with van der Waals surface area (Å²) in [6.45, 7) is 1.22. The molecule has 2 atom stereocenters. The fraction of sp³-hybridized carbons (Fsp3) is 0.471. The summed E-state index contributed by atoms with van der Waals surface area (Å²) in [5.74, 6) is -0.583. The normalized spacial score (nSPS) is 26.1. The van der Waals surface area contributed by atoms with E-state index in [1.54, 1.807) is 24.3 Å². The fourth-order valence-electron chi connectivity index (χ4n) is 3.16. The molecular formula is C17H21N3O4. The molecule has 24 heavy (non-hydrogen) atoms. The van der Waals surface area contributed by atoms with E-state index in [4.69, 9.17) is 4.74 Å². The highest BCUT2D eigenvalue weighted by atomic mass is 16.5. The van der Waals surface area contributed by atoms with Gasteiger partial charge in [0.15, 0.2) is 0 Å². The van der Waals surface area contributed by atoms with E-state index < -0.39 is 17.5 Å². The fourth-order valence-corrected chi connectivity index (χ4v) is 3.16. The molecule has 3 rings (SSSR count). The van der Waals surface area contributed by atoms with Crippen LogP contribution in [0.5, 0.6) is 0 Å². The van der Waals surface area contributed by atoms with Gasteiger partial charge in [0.05, 0.1) is 6.10 Å². The van der Waals surface area contributed by atoms with Crippen molar-refractivity contribution in [2.24, 2.45) is 0 Å². The van der Waals surface area contributed by atoms with Crippen molar-refractivity contribution in [1.82, 2.24) is 16.0 Å². The minimum absolute atomic E-state index is 0.0755. The molecule has 2 aliphatic heterocycles. The second-order valence-electron chi connectivity index (χ2n) is 6.12. The number of carbonyl (C=O) groups is 3. The van der Waals surface area contributed by atoms with E-state index in [2.05, 4.69) is 16.0 Å². The molecule has 2 saturated heterocycles. The van der Waals surface area contributed by atoms with Crippen molar-refractivity contribution in [2.45, 2.75) is 37.3 Å². The van der Waals surface area contributed by atoms with Crippen molar-refractivity contribution in [1.29, 1.82) is 0 Å². The predicted molar refractivity (Wildman–Crippen MR) is 86.0 cm³/mol. The van der Waals surface area contributed by atoms with Gasteiger partial charge in [-0.05, 0) is 24.8 Å². The van der Waals surface area contributed by atoms with Crippen molar-refractivity contribution in [3.05, 3.63) is 35.9 Å². The number of amides is 4. The molecule has 1 aromatic carbocycles. The summed E-state index contributed by atoms with van der Waals surface area (Å²) in [5.41, 5.74) is -0.528. The third-order valence-electron chi connectivity index (χ3n) is 4.49. The third-order valence-corrected chi connectivity index (χ3v) is 4.49. The molecule has 7 heteroatoms. The molecule has 0 bridgehead atoms. The van der Waals surface area contributed by atoms with Crippen molar-refractivity contribution in [3.8, 4) is 0 Å². The number of urea groups is 1. The van der Waals surface area contributed by atoms with Crippen molar-refractivity contribution >= 4 is 17.8 Å². The van der Waals surface area contributed by atoms with Crippen LogP contribution in [0.25, 0.3) is 0 Å². The van der Waals surface area contributed by atoms with Crippen LogP contribution >= 0.6 is 0 Å². The van der Waals surface area contributed by atoms with Crippen molar-refractivity contribution in [2.75, 3.05) is 13.2 Å². The second-order valence-corrected chi connectivity index (χ2v) is 6.12. The van der Waals surface area contributed by atoms with Gasteiger partial charge in [0, 0.05) is 19.6 Å². The first-order valence-corrected chi connectivity index (χ1v) is 8.17. The standard InChI is InChI=1S/C17H21N3O4/c21-14(18-11-13-7-4-10-24-13)8-9-17(12-5-2-1-3-6-12)15(22)19-16(23)20-17/h1-3,5-6,13H,4,7-11H2,(H,18,21)(H2,19,20,22,23). The van der Waals surface area contributed by atoms with E-state index in [0.717, 1.165) is 19.4 Å². The lowest BCUT2D eigenvalue weighted by Crippen LogP contribution is -2.45. The van der Waals surface area contributed by atoms with E-state index in [-0.39, 0.29) is 24.9 Å². The molecular weight excluding hydrogens is 310 g/mol.